The summed E-state index contributed by atoms with van der Waals surface area (Å²) < 4.78 is 4.04. The van der Waals surface area contributed by atoms with Crippen LogP contribution in [0.2, 0.25) is 0 Å². The molecule has 4 heteroatoms. The van der Waals surface area contributed by atoms with Crippen molar-refractivity contribution >= 4 is 11.5 Å². The summed E-state index contributed by atoms with van der Waals surface area (Å²) in [6.07, 6.45) is 3.29. The lowest BCUT2D eigenvalue weighted by Crippen LogP contribution is -2.20. The predicted molar refractivity (Wildman–Crippen MR) is 60.6 cm³/mol. The molecule has 0 aliphatic heterocycles. The molecular weight excluding hydrogens is 194 g/mol. The number of hydrogen-bond acceptors (Lipinski definition) is 4. The van der Waals surface area contributed by atoms with Crippen LogP contribution in [0.15, 0.2) is 0 Å². The average molecular weight is 213 g/mol. The predicted octanol–water partition coefficient (Wildman–Crippen LogP) is 2.55. The van der Waals surface area contributed by atoms with E-state index in [0.29, 0.717) is 6.04 Å². The topological polar surface area (TPSA) is 37.8 Å². The van der Waals surface area contributed by atoms with Crippen LogP contribution in [0.3, 0.4) is 0 Å². The van der Waals surface area contributed by atoms with Crippen LogP contribution in [0.1, 0.15) is 50.2 Å². The third-order valence-corrected chi connectivity index (χ3v) is 3.13. The lowest BCUT2D eigenvalue weighted by atomic mass is 10.1. The second-order valence-electron chi connectivity index (χ2n) is 3.35. The third kappa shape index (κ3) is 2.75. The van der Waals surface area contributed by atoms with Crippen molar-refractivity contribution in [3.63, 3.8) is 0 Å². The van der Waals surface area contributed by atoms with E-state index < -0.39 is 0 Å². The number of nitrogens with zero attached hydrogens (tertiary/aromatic N) is 2. The first kappa shape index (κ1) is 11.6. The molecule has 0 amide bonds. The molecule has 0 radical (unpaired) electrons. The molecule has 0 aliphatic rings. The Hall–Kier alpha value is -0.480. The highest BCUT2D eigenvalue weighted by Gasteiger charge is 2.15. The highest BCUT2D eigenvalue weighted by Crippen LogP contribution is 2.23. The van der Waals surface area contributed by atoms with E-state index in [4.69, 9.17) is 0 Å². The van der Waals surface area contributed by atoms with Crippen molar-refractivity contribution in [2.45, 2.75) is 46.1 Å². The van der Waals surface area contributed by atoms with Crippen LogP contribution in [0.4, 0.5) is 0 Å². The molecule has 0 saturated carbocycles. The number of nitrogens with one attached hydrogen (secondary N) is 1. The van der Waals surface area contributed by atoms with Gasteiger partial charge in [0.15, 0.2) is 0 Å². The molecule has 0 fully saturated rings. The fraction of sp³-hybridized carbons (Fsp3) is 0.800. The first-order chi connectivity index (χ1) is 6.83. The molecule has 0 bridgehead atoms. The Balaban J connectivity index is 2.74. The second kappa shape index (κ2) is 6.09. The van der Waals surface area contributed by atoms with E-state index in [1.165, 1.54) is 22.1 Å². The zero-order chi connectivity index (χ0) is 10.4. The van der Waals surface area contributed by atoms with Crippen LogP contribution in [0.5, 0.6) is 0 Å². The minimum Gasteiger partial charge on any atom is -0.309 e. The van der Waals surface area contributed by atoms with Gasteiger partial charge in [0.2, 0.25) is 0 Å². The summed E-state index contributed by atoms with van der Waals surface area (Å²) >= 11 is 1.54. The number of aryl methyl sites for hydroxylation is 1. The molecule has 0 aliphatic carbocycles. The lowest BCUT2D eigenvalue weighted by molar-refractivity contribution is 0.539. The van der Waals surface area contributed by atoms with E-state index in [-0.39, 0.29) is 0 Å². The van der Waals surface area contributed by atoms with Crippen LogP contribution in [-0.2, 0) is 6.42 Å². The number of hydrogen-bond donors (Lipinski definition) is 1. The fourth-order valence-electron chi connectivity index (χ4n) is 1.56. The molecule has 1 heterocycles. The summed E-state index contributed by atoms with van der Waals surface area (Å²) in [7, 11) is 0. The van der Waals surface area contributed by atoms with Gasteiger partial charge in [0.05, 0.1) is 10.6 Å². The van der Waals surface area contributed by atoms with Crippen LogP contribution in [-0.4, -0.2) is 16.1 Å². The van der Waals surface area contributed by atoms with Crippen molar-refractivity contribution in [2.24, 2.45) is 0 Å². The molecule has 0 spiro atoms. The van der Waals surface area contributed by atoms with Crippen LogP contribution < -0.4 is 5.32 Å². The lowest BCUT2D eigenvalue weighted by Gasteiger charge is -2.14. The molecule has 1 rings (SSSR count). The van der Waals surface area contributed by atoms with Crippen molar-refractivity contribution in [3.05, 3.63) is 10.6 Å². The smallest absolute Gasteiger partial charge is 0.0803 e. The molecule has 0 saturated heterocycles. The van der Waals surface area contributed by atoms with Gasteiger partial charge in [-0.25, -0.2) is 0 Å². The van der Waals surface area contributed by atoms with E-state index in [2.05, 4.69) is 35.7 Å². The fourth-order valence-corrected chi connectivity index (χ4v) is 2.41. The maximum Gasteiger partial charge on any atom is 0.0803 e. The van der Waals surface area contributed by atoms with Crippen molar-refractivity contribution in [3.8, 4) is 0 Å². The van der Waals surface area contributed by atoms with E-state index >= 15 is 0 Å². The maximum atomic E-state index is 4.19. The number of aromatic nitrogens is 2. The average Bonchev–Trinajstić information content (AvgIpc) is 2.63. The van der Waals surface area contributed by atoms with Gasteiger partial charge in [0.1, 0.15) is 0 Å². The summed E-state index contributed by atoms with van der Waals surface area (Å²) in [5, 5.41) is 7.65. The van der Waals surface area contributed by atoms with E-state index in [1.54, 1.807) is 0 Å². The van der Waals surface area contributed by atoms with Gasteiger partial charge in [-0.1, -0.05) is 31.7 Å². The van der Waals surface area contributed by atoms with Gasteiger partial charge >= 0.3 is 0 Å². The van der Waals surface area contributed by atoms with Crippen LogP contribution in [0, 0.1) is 0 Å². The summed E-state index contributed by atoms with van der Waals surface area (Å²) in [5.74, 6) is 0. The van der Waals surface area contributed by atoms with E-state index in [0.717, 1.165) is 25.8 Å². The second-order valence-corrected chi connectivity index (χ2v) is 4.14. The quantitative estimate of drug-likeness (QED) is 0.789. The highest BCUT2D eigenvalue weighted by atomic mass is 32.1. The molecular formula is C10H19N3S. The van der Waals surface area contributed by atoms with Gasteiger partial charge < -0.3 is 5.32 Å². The maximum absolute atomic E-state index is 4.19. The number of rotatable bonds is 6. The normalized spacial score (nSPS) is 13.1. The summed E-state index contributed by atoms with van der Waals surface area (Å²) in [6, 6.07) is 0.446. The Bertz CT molecular complexity index is 260. The molecule has 0 aromatic carbocycles. The molecule has 80 valence electrons. The largest absolute Gasteiger partial charge is 0.309 e. The minimum absolute atomic E-state index is 0.446. The monoisotopic (exact) mass is 213 g/mol. The van der Waals surface area contributed by atoms with Gasteiger partial charge in [0, 0.05) is 6.04 Å². The van der Waals surface area contributed by atoms with E-state index in [9.17, 15) is 0 Å². The van der Waals surface area contributed by atoms with Gasteiger partial charge in [-0.2, -0.15) is 0 Å². The zero-order valence-corrected chi connectivity index (χ0v) is 10.0. The Morgan fingerprint density at radius 2 is 2.14 bits per heavy atom. The molecule has 1 N–H and O–H groups in total. The Kier molecular flexibility index (Phi) is 5.04. The van der Waals surface area contributed by atoms with Crippen molar-refractivity contribution in [2.75, 3.05) is 6.54 Å². The first-order valence-corrected chi connectivity index (χ1v) is 6.15. The van der Waals surface area contributed by atoms with Crippen LogP contribution in [0.25, 0.3) is 0 Å². The molecule has 14 heavy (non-hydrogen) atoms. The molecule has 1 aromatic rings. The SMILES string of the molecule is CCCc1nnsc1C(CC)NCC. The van der Waals surface area contributed by atoms with Gasteiger partial charge in [-0.05, 0) is 30.9 Å². The Morgan fingerprint density at radius 3 is 2.71 bits per heavy atom. The van der Waals surface area contributed by atoms with Gasteiger partial charge in [-0.15, -0.1) is 5.10 Å². The molecule has 1 atom stereocenters. The van der Waals surface area contributed by atoms with Crippen molar-refractivity contribution in [1.29, 1.82) is 0 Å². The Labute approximate surface area is 90.1 Å². The summed E-state index contributed by atoms with van der Waals surface area (Å²) in [4.78, 5) is 1.33. The van der Waals surface area contributed by atoms with Crippen molar-refractivity contribution < 1.29 is 0 Å². The molecule has 1 aromatic heterocycles. The Morgan fingerprint density at radius 1 is 1.36 bits per heavy atom. The van der Waals surface area contributed by atoms with Crippen molar-refractivity contribution in [1.82, 2.24) is 14.9 Å². The summed E-state index contributed by atoms with van der Waals surface area (Å²) in [6.45, 7) is 7.51. The molecule has 1 unspecified atom stereocenters. The molecule has 3 nitrogen and oxygen atoms in total. The zero-order valence-electron chi connectivity index (χ0n) is 9.21. The first-order valence-electron chi connectivity index (χ1n) is 5.37. The summed E-state index contributed by atoms with van der Waals surface area (Å²) in [5.41, 5.74) is 1.19. The third-order valence-electron chi connectivity index (χ3n) is 2.25. The highest BCUT2D eigenvalue weighted by molar-refractivity contribution is 7.05. The van der Waals surface area contributed by atoms with Gasteiger partial charge in [0.25, 0.3) is 0 Å². The van der Waals surface area contributed by atoms with E-state index in [1.807, 2.05) is 0 Å². The standard InChI is InChI=1S/C10H19N3S/c1-4-7-9-10(14-13-12-9)8(5-2)11-6-3/h8,11H,4-7H2,1-3H3. The van der Waals surface area contributed by atoms with Gasteiger partial charge in [-0.3, -0.25) is 0 Å². The van der Waals surface area contributed by atoms with Crippen LogP contribution >= 0.6 is 11.5 Å². The minimum atomic E-state index is 0.446.